The van der Waals surface area contributed by atoms with E-state index < -0.39 is 83.5 Å². The molecule has 0 aliphatic carbocycles. The Morgan fingerprint density at radius 3 is 2.39 bits per heavy atom. The Balaban J connectivity index is 1.76. The number of carbonyl (C=O) groups is 3. The number of nitrogens with one attached hydrogen (secondary N) is 2. The van der Waals surface area contributed by atoms with Crippen molar-refractivity contribution in [3.63, 3.8) is 0 Å². The van der Waals surface area contributed by atoms with Gasteiger partial charge in [-0.25, -0.2) is 13.6 Å². The van der Waals surface area contributed by atoms with Gasteiger partial charge in [-0.3, -0.25) is 20.2 Å². The fraction of sp³-hybridized carbons (Fsp3) is 0.476. The number of ether oxygens (including phenoxy) is 1. The van der Waals surface area contributed by atoms with Crippen LogP contribution >= 0.6 is 0 Å². The summed E-state index contributed by atoms with van der Waals surface area (Å²) >= 11 is 0. The first-order valence-electron chi connectivity index (χ1n) is 10.9. The van der Waals surface area contributed by atoms with Crippen LogP contribution < -0.4 is 15.5 Å². The van der Waals surface area contributed by atoms with Crippen molar-refractivity contribution in [3.05, 3.63) is 29.2 Å². The van der Waals surface area contributed by atoms with Crippen LogP contribution in [0.4, 0.5) is 32.4 Å². The summed E-state index contributed by atoms with van der Waals surface area (Å²) in [5.74, 6) is -5.43. The van der Waals surface area contributed by atoms with E-state index in [0.717, 1.165) is 11.0 Å². The summed E-state index contributed by atoms with van der Waals surface area (Å²) < 4.78 is 82.1. The second kappa shape index (κ2) is 7.94. The van der Waals surface area contributed by atoms with E-state index in [-0.39, 0.29) is 23.7 Å². The molecule has 2 fully saturated rings. The first kappa shape index (κ1) is 24.1. The molecule has 2 saturated heterocycles. The SMILES string of the molecule is CC[C@@H]1O[C@H](C(F)(F)F)CN2c3c(cc(-c4noc(C)n4)c(F)c3F)CC3(C(=O)NC(=O)NC3=O)[C@@H]12. The molecule has 3 atom stereocenters. The summed E-state index contributed by atoms with van der Waals surface area (Å²) in [6.07, 6.45) is -9.37. The predicted octanol–water partition coefficient (Wildman–Crippen LogP) is 2.15. The van der Waals surface area contributed by atoms with Crippen LogP contribution in [-0.2, 0) is 20.7 Å². The van der Waals surface area contributed by atoms with Crippen LogP contribution in [-0.4, -0.2) is 59.0 Å². The lowest BCUT2D eigenvalue weighted by Crippen LogP contribution is -2.76. The number of carbonyl (C=O) groups excluding carboxylic acids is 3. The highest BCUT2D eigenvalue weighted by Gasteiger charge is 2.65. The summed E-state index contributed by atoms with van der Waals surface area (Å²) in [6, 6.07) is -1.53. The second-order valence-corrected chi connectivity index (χ2v) is 8.79. The number of barbiturate groups is 1. The molecule has 5 rings (SSSR count). The number of alkyl halides is 3. The summed E-state index contributed by atoms with van der Waals surface area (Å²) in [7, 11) is 0. The average molecular weight is 515 g/mol. The average Bonchev–Trinajstić information content (AvgIpc) is 3.23. The van der Waals surface area contributed by atoms with Gasteiger partial charge in [0, 0.05) is 13.3 Å². The van der Waals surface area contributed by atoms with E-state index in [1.165, 1.54) is 13.8 Å². The van der Waals surface area contributed by atoms with Crippen LogP contribution in [0, 0.1) is 24.0 Å². The Hall–Kier alpha value is -3.62. The Labute approximate surface area is 199 Å². The molecule has 3 aliphatic rings. The largest absolute Gasteiger partial charge is 0.416 e. The highest BCUT2D eigenvalue weighted by atomic mass is 19.4. The Morgan fingerprint density at radius 2 is 1.83 bits per heavy atom. The van der Waals surface area contributed by atoms with E-state index in [1.54, 1.807) is 0 Å². The monoisotopic (exact) mass is 515 g/mol. The predicted molar refractivity (Wildman–Crippen MR) is 108 cm³/mol. The smallest absolute Gasteiger partial charge is 0.361 e. The molecule has 2 aromatic rings. The zero-order chi connectivity index (χ0) is 26.2. The fourth-order valence-corrected chi connectivity index (χ4v) is 5.22. The number of benzene rings is 1. The van der Waals surface area contributed by atoms with Gasteiger partial charge in [0.2, 0.25) is 23.5 Å². The minimum absolute atomic E-state index is 0.0376. The second-order valence-electron chi connectivity index (χ2n) is 8.79. The number of fused-ring (bicyclic) bond motifs is 4. The van der Waals surface area contributed by atoms with Gasteiger partial charge in [0.1, 0.15) is 0 Å². The van der Waals surface area contributed by atoms with Crippen LogP contribution in [0.3, 0.4) is 0 Å². The number of urea groups is 1. The molecular weight excluding hydrogens is 497 g/mol. The Morgan fingerprint density at radius 1 is 1.17 bits per heavy atom. The molecule has 2 N–H and O–H groups in total. The molecule has 10 nitrogen and oxygen atoms in total. The van der Waals surface area contributed by atoms with Crippen molar-refractivity contribution in [3.8, 4) is 11.4 Å². The molecule has 1 spiro atoms. The third-order valence-electron chi connectivity index (χ3n) is 6.71. The fourth-order valence-electron chi connectivity index (χ4n) is 5.22. The molecule has 4 heterocycles. The van der Waals surface area contributed by atoms with Gasteiger partial charge < -0.3 is 14.2 Å². The number of hydrogen-bond acceptors (Lipinski definition) is 8. The van der Waals surface area contributed by atoms with Crippen LogP contribution in [0.5, 0.6) is 0 Å². The van der Waals surface area contributed by atoms with Gasteiger partial charge in [-0.15, -0.1) is 0 Å². The van der Waals surface area contributed by atoms with Crippen LogP contribution in [0.1, 0.15) is 24.8 Å². The van der Waals surface area contributed by atoms with E-state index in [4.69, 9.17) is 9.26 Å². The lowest BCUT2D eigenvalue weighted by Gasteiger charge is -2.56. The molecule has 0 radical (unpaired) electrons. The van der Waals surface area contributed by atoms with Gasteiger partial charge in [-0.2, -0.15) is 18.2 Å². The zero-order valence-corrected chi connectivity index (χ0v) is 18.7. The first-order chi connectivity index (χ1) is 16.9. The Kier molecular flexibility index (Phi) is 5.32. The highest BCUT2D eigenvalue weighted by Crippen LogP contribution is 2.50. The Bertz CT molecular complexity index is 1270. The molecule has 0 unspecified atom stereocenters. The van der Waals surface area contributed by atoms with Gasteiger partial charge in [-0.05, 0) is 18.1 Å². The molecule has 0 saturated carbocycles. The number of aromatic nitrogens is 2. The number of anilines is 1. The minimum atomic E-state index is -4.88. The van der Waals surface area contributed by atoms with E-state index in [2.05, 4.69) is 10.1 Å². The number of imide groups is 2. The van der Waals surface area contributed by atoms with Crippen LogP contribution in [0.15, 0.2) is 10.6 Å². The van der Waals surface area contributed by atoms with Crippen molar-refractivity contribution in [2.24, 2.45) is 5.41 Å². The van der Waals surface area contributed by atoms with E-state index in [0.29, 0.717) is 0 Å². The third kappa shape index (κ3) is 3.36. The maximum absolute atomic E-state index is 15.6. The van der Waals surface area contributed by atoms with Crippen molar-refractivity contribution in [1.29, 1.82) is 0 Å². The molecule has 36 heavy (non-hydrogen) atoms. The van der Waals surface area contributed by atoms with Crippen molar-refractivity contribution in [2.45, 2.75) is 51.1 Å². The lowest BCUT2D eigenvalue weighted by molar-refractivity contribution is -0.245. The quantitative estimate of drug-likeness (QED) is 0.460. The van der Waals surface area contributed by atoms with Gasteiger partial charge in [0.05, 0.1) is 29.9 Å². The molecule has 1 aromatic carbocycles. The molecular formula is C21H18F5N5O5. The number of amides is 4. The standard InChI is InChI=1S/C21H18F5N5O5/c1-3-10-15-20(17(32)28-19(34)29-18(20)33)5-8-4-9(16-27-7(2)36-30-16)12(22)13(23)14(8)31(15)6-11(35-10)21(24,25)26/h4,10-11,15H,3,5-6H2,1-2H3,(H2,28,29,32,33,34)/t10-,11-,15+/m0/s1. The van der Waals surface area contributed by atoms with E-state index in [1.807, 2.05) is 10.6 Å². The van der Waals surface area contributed by atoms with Gasteiger partial charge >= 0.3 is 12.2 Å². The topological polar surface area (TPSA) is 127 Å². The number of rotatable bonds is 2. The number of halogens is 5. The molecule has 15 heteroatoms. The highest BCUT2D eigenvalue weighted by molar-refractivity contribution is 6.20. The summed E-state index contributed by atoms with van der Waals surface area (Å²) in [5.41, 5.74) is -3.36. The van der Waals surface area contributed by atoms with Gasteiger partial charge in [-0.1, -0.05) is 12.1 Å². The van der Waals surface area contributed by atoms with Gasteiger partial charge in [0.25, 0.3) is 0 Å². The zero-order valence-electron chi connectivity index (χ0n) is 18.7. The normalized spacial score (nSPS) is 25.4. The van der Waals surface area contributed by atoms with Crippen LogP contribution in [0.2, 0.25) is 0 Å². The molecule has 1 aromatic heterocycles. The molecule has 4 amide bonds. The number of nitrogens with zero attached hydrogens (tertiary/aromatic N) is 3. The minimum Gasteiger partial charge on any atom is -0.361 e. The molecule has 3 aliphatic heterocycles. The van der Waals surface area contributed by atoms with Crippen molar-refractivity contribution < 1.29 is 45.6 Å². The maximum Gasteiger partial charge on any atom is 0.416 e. The van der Waals surface area contributed by atoms with E-state index >= 15 is 8.78 Å². The van der Waals surface area contributed by atoms with Gasteiger partial charge in [0.15, 0.2) is 23.2 Å². The third-order valence-corrected chi connectivity index (χ3v) is 6.71. The lowest BCUT2D eigenvalue weighted by atomic mass is 9.66. The van der Waals surface area contributed by atoms with Crippen molar-refractivity contribution >= 4 is 23.5 Å². The van der Waals surface area contributed by atoms with E-state index in [9.17, 15) is 27.6 Å². The van der Waals surface area contributed by atoms with Crippen LogP contribution in [0.25, 0.3) is 11.4 Å². The molecule has 0 bridgehead atoms. The summed E-state index contributed by atoms with van der Waals surface area (Å²) in [5, 5.41) is 7.50. The van der Waals surface area contributed by atoms with Crippen molar-refractivity contribution in [1.82, 2.24) is 20.8 Å². The number of morpholine rings is 1. The van der Waals surface area contributed by atoms with Crippen molar-refractivity contribution in [2.75, 3.05) is 11.4 Å². The maximum atomic E-state index is 15.6. The summed E-state index contributed by atoms with van der Waals surface area (Å²) in [6.45, 7) is 1.85. The molecule has 192 valence electrons. The number of hydrogen-bond donors (Lipinski definition) is 2. The first-order valence-corrected chi connectivity index (χ1v) is 10.9. The number of aryl methyl sites for hydroxylation is 1. The summed E-state index contributed by atoms with van der Waals surface area (Å²) in [4.78, 5) is 42.9.